The first-order valence-electron chi connectivity index (χ1n) is 5.84. The molecule has 2 aromatic carbocycles. The number of hydrogen-bond donors (Lipinski definition) is 2. The fourth-order valence-corrected chi connectivity index (χ4v) is 2.21. The summed E-state index contributed by atoms with van der Waals surface area (Å²) >= 11 is 0. The summed E-state index contributed by atoms with van der Waals surface area (Å²) < 4.78 is 0. The number of aryl methyl sites for hydroxylation is 1. The molecule has 98 valence electrons. The molecule has 0 heterocycles. The van der Waals surface area contributed by atoms with Gasteiger partial charge < -0.3 is 10.2 Å². The topological polar surface area (TPSA) is 74.6 Å². The summed E-state index contributed by atoms with van der Waals surface area (Å²) in [4.78, 5) is 23.2. The zero-order valence-electron chi connectivity index (χ0n) is 10.9. The Labute approximate surface area is 110 Å². The van der Waals surface area contributed by atoms with E-state index in [1.165, 1.54) is 26.0 Å². The second kappa shape index (κ2) is 4.39. The molecular weight excluding hydrogens is 244 g/mol. The molecular formula is C15H14O4. The summed E-state index contributed by atoms with van der Waals surface area (Å²) in [5.41, 5.74) is 1.12. The zero-order chi connectivity index (χ0) is 14.3. The van der Waals surface area contributed by atoms with Gasteiger partial charge in [0.15, 0.2) is 11.6 Å². The van der Waals surface area contributed by atoms with Gasteiger partial charge in [0.05, 0.1) is 10.9 Å². The largest absolute Gasteiger partial charge is 0.507 e. The Morgan fingerprint density at radius 1 is 0.947 bits per heavy atom. The highest BCUT2D eigenvalue weighted by molar-refractivity contribution is 6.14. The highest BCUT2D eigenvalue weighted by Gasteiger charge is 2.19. The van der Waals surface area contributed by atoms with Crippen molar-refractivity contribution in [3.05, 3.63) is 34.9 Å². The number of rotatable bonds is 2. The van der Waals surface area contributed by atoms with Crippen molar-refractivity contribution in [3.8, 4) is 11.5 Å². The van der Waals surface area contributed by atoms with Crippen LogP contribution in [0.2, 0.25) is 0 Å². The summed E-state index contributed by atoms with van der Waals surface area (Å²) in [6, 6.07) is 4.56. The van der Waals surface area contributed by atoms with E-state index in [1.54, 1.807) is 13.0 Å². The van der Waals surface area contributed by atoms with E-state index in [9.17, 15) is 19.8 Å². The molecule has 0 aromatic heterocycles. The first kappa shape index (κ1) is 13.1. The summed E-state index contributed by atoms with van der Waals surface area (Å²) in [6.07, 6.45) is 0. The second-order valence-corrected chi connectivity index (χ2v) is 4.64. The van der Waals surface area contributed by atoms with Gasteiger partial charge in [-0.15, -0.1) is 0 Å². The minimum Gasteiger partial charge on any atom is -0.507 e. The Balaban J connectivity index is 3.05. The van der Waals surface area contributed by atoms with Gasteiger partial charge in [0, 0.05) is 10.9 Å². The minimum atomic E-state index is -0.359. The van der Waals surface area contributed by atoms with Crippen LogP contribution in [0, 0.1) is 6.92 Å². The fourth-order valence-electron chi connectivity index (χ4n) is 2.21. The normalized spacial score (nSPS) is 10.7. The summed E-state index contributed by atoms with van der Waals surface area (Å²) in [5.74, 6) is -1.01. The molecule has 2 N–H and O–H groups in total. The Morgan fingerprint density at radius 2 is 1.53 bits per heavy atom. The lowest BCUT2D eigenvalue weighted by Crippen LogP contribution is -2.01. The highest BCUT2D eigenvalue weighted by Crippen LogP contribution is 2.38. The molecule has 0 aliphatic rings. The van der Waals surface area contributed by atoms with Crippen molar-refractivity contribution in [1.82, 2.24) is 0 Å². The van der Waals surface area contributed by atoms with E-state index < -0.39 is 0 Å². The average Bonchev–Trinajstić information content (AvgIpc) is 2.26. The van der Waals surface area contributed by atoms with Crippen LogP contribution >= 0.6 is 0 Å². The quantitative estimate of drug-likeness (QED) is 0.812. The standard InChI is InChI=1S/C15H14O4/c1-7-4-12-10(8(2)16)6-11(9(3)17)15(19)14(12)13(18)5-7/h4-6,18-19H,1-3H3. The number of fused-ring (bicyclic) bond motifs is 1. The molecule has 0 aliphatic carbocycles. The lowest BCUT2D eigenvalue weighted by molar-refractivity contribution is 0.101. The molecule has 0 spiro atoms. The van der Waals surface area contributed by atoms with Crippen LogP contribution in [0.5, 0.6) is 11.5 Å². The molecule has 4 nitrogen and oxygen atoms in total. The Hall–Kier alpha value is -2.36. The first-order valence-corrected chi connectivity index (χ1v) is 5.84. The molecule has 0 unspecified atom stereocenters. The van der Waals surface area contributed by atoms with Gasteiger partial charge in [-0.3, -0.25) is 9.59 Å². The third-order valence-electron chi connectivity index (χ3n) is 3.09. The summed E-state index contributed by atoms with van der Waals surface area (Å²) in [5, 5.41) is 20.7. The van der Waals surface area contributed by atoms with Gasteiger partial charge in [0.25, 0.3) is 0 Å². The van der Waals surface area contributed by atoms with Gasteiger partial charge >= 0.3 is 0 Å². The number of carbonyl (C=O) groups excluding carboxylic acids is 2. The van der Waals surface area contributed by atoms with Gasteiger partial charge in [-0.25, -0.2) is 0 Å². The van der Waals surface area contributed by atoms with Crippen LogP contribution in [0.4, 0.5) is 0 Å². The number of aromatic hydroxyl groups is 2. The number of Topliss-reactive ketones (excluding diaryl/α,β-unsaturated/α-hetero) is 2. The Morgan fingerprint density at radius 3 is 2.05 bits per heavy atom. The van der Waals surface area contributed by atoms with Crippen molar-refractivity contribution < 1.29 is 19.8 Å². The van der Waals surface area contributed by atoms with Gasteiger partial charge in [0.2, 0.25) is 0 Å². The molecule has 0 amide bonds. The molecule has 0 atom stereocenters. The second-order valence-electron chi connectivity index (χ2n) is 4.64. The number of benzene rings is 2. The van der Waals surface area contributed by atoms with Crippen molar-refractivity contribution in [2.24, 2.45) is 0 Å². The molecule has 2 rings (SSSR count). The van der Waals surface area contributed by atoms with Gasteiger partial charge in [-0.05, 0) is 38.5 Å². The molecule has 19 heavy (non-hydrogen) atoms. The number of ketones is 2. The van der Waals surface area contributed by atoms with Crippen LogP contribution in [0.1, 0.15) is 40.1 Å². The van der Waals surface area contributed by atoms with Gasteiger partial charge in [-0.1, -0.05) is 6.07 Å². The van der Waals surface area contributed by atoms with E-state index in [4.69, 9.17) is 0 Å². The summed E-state index contributed by atoms with van der Waals surface area (Å²) in [6.45, 7) is 4.46. The third-order valence-corrected chi connectivity index (χ3v) is 3.09. The molecule has 4 heteroatoms. The highest BCUT2D eigenvalue weighted by atomic mass is 16.3. The van der Waals surface area contributed by atoms with Crippen LogP contribution in [-0.4, -0.2) is 21.8 Å². The summed E-state index contributed by atoms with van der Waals surface area (Å²) in [7, 11) is 0. The third kappa shape index (κ3) is 2.05. The predicted molar refractivity (Wildman–Crippen MR) is 72.0 cm³/mol. The monoisotopic (exact) mass is 258 g/mol. The lowest BCUT2D eigenvalue weighted by Gasteiger charge is -2.12. The smallest absolute Gasteiger partial charge is 0.163 e. The number of phenols is 2. The van der Waals surface area contributed by atoms with E-state index in [2.05, 4.69) is 0 Å². The van der Waals surface area contributed by atoms with E-state index in [-0.39, 0.29) is 34.0 Å². The van der Waals surface area contributed by atoms with Crippen LogP contribution in [0.25, 0.3) is 10.8 Å². The molecule has 0 saturated heterocycles. The maximum absolute atomic E-state index is 11.7. The molecule has 0 bridgehead atoms. The minimum absolute atomic E-state index is 0.0388. The van der Waals surface area contributed by atoms with Crippen molar-refractivity contribution >= 4 is 22.3 Å². The van der Waals surface area contributed by atoms with Gasteiger partial charge in [-0.2, -0.15) is 0 Å². The molecule has 0 fully saturated rings. The Bertz CT molecular complexity index is 714. The van der Waals surface area contributed by atoms with Crippen LogP contribution in [-0.2, 0) is 0 Å². The van der Waals surface area contributed by atoms with E-state index in [1.807, 2.05) is 0 Å². The van der Waals surface area contributed by atoms with E-state index >= 15 is 0 Å². The zero-order valence-corrected chi connectivity index (χ0v) is 10.9. The average molecular weight is 258 g/mol. The first-order chi connectivity index (χ1) is 8.82. The van der Waals surface area contributed by atoms with Crippen molar-refractivity contribution in [2.45, 2.75) is 20.8 Å². The lowest BCUT2D eigenvalue weighted by atomic mass is 9.94. The SMILES string of the molecule is CC(=O)c1cc(C(C)=O)c2cc(C)cc(O)c2c1O. The maximum Gasteiger partial charge on any atom is 0.163 e. The maximum atomic E-state index is 11.7. The van der Waals surface area contributed by atoms with Crippen molar-refractivity contribution in [3.63, 3.8) is 0 Å². The Kier molecular flexibility index (Phi) is 3.02. The molecule has 0 radical (unpaired) electrons. The molecule has 2 aromatic rings. The molecule has 0 saturated carbocycles. The van der Waals surface area contributed by atoms with Crippen LogP contribution in [0.3, 0.4) is 0 Å². The van der Waals surface area contributed by atoms with Crippen molar-refractivity contribution in [2.75, 3.05) is 0 Å². The molecule has 0 aliphatic heterocycles. The van der Waals surface area contributed by atoms with Crippen molar-refractivity contribution in [1.29, 1.82) is 0 Å². The number of hydrogen-bond acceptors (Lipinski definition) is 4. The number of phenolic OH excluding ortho intramolecular Hbond substituents is 2. The van der Waals surface area contributed by atoms with Crippen LogP contribution < -0.4 is 0 Å². The van der Waals surface area contributed by atoms with Gasteiger partial charge in [0.1, 0.15) is 11.5 Å². The van der Waals surface area contributed by atoms with E-state index in [0.29, 0.717) is 10.9 Å². The number of carbonyl (C=O) groups is 2. The van der Waals surface area contributed by atoms with E-state index in [0.717, 1.165) is 5.56 Å². The van der Waals surface area contributed by atoms with Crippen LogP contribution in [0.15, 0.2) is 18.2 Å². The fraction of sp³-hybridized carbons (Fsp3) is 0.200. The predicted octanol–water partition coefficient (Wildman–Crippen LogP) is 2.96.